The van der Waals surface area contributed by atoms with Crippen LogP contribution in [0.5, 0.6) is 0 Å². The number of H-pyrrole nitrogens is 1. The smallest absolute Gasteiger partial charge is 0.269 e. The Labute approximate surface area is 132 Å². The minimum atomic E-state index is -0.316. The normalized spacial score (nSPS) is 11.1. The van der Waals surface area contributed by atoms with Gasteiger partial charge in [-0.05, 0) is 18.1 Å². The summed E-state index contributed by atoms with van der Waals surface area (Å²) in [6.07, 6.45) is 1.22. The van der Waals surface area contributed by atoms with E-state index in [9.17, 15) is 9.59 Å². The molecule has 0 unspecified atom stereocenters. The van der Waals surface area contributed by atoms with E-state index in [2.05, 4.69) is 20.5 Å². The lowest BCUT2D eigenvalue weighted by atomic mass is 10.1. The largest absolute Gasteiger partial charge is 0.308 e. The Hall–Kier alpha value is -2.96. The number of aromatic amines is 1. The molecule has 2 N–H and O–H groups in total. The van der Waals surface area contributed by atoms with E-state index in [0.29, 0.717) is 22.8 Å². The van der Waals surface area contributed by atoms with Gasteiger partial charge in [-0.3, -0.25) is 19.3 Å². The summed E-state index contributed by atoms with van der Waals surface area (Å²) >= 11 is 0. The van der Waals surface area contributed by atoms with Gasteiger partial charge >= 0.3 is 0 Å². The molecule has 0 aliphatic carbocycles. The number of carbonyl (C=O) groups excluding carboxylic acids is 1. The number of para-hydroxylation sites is 2. The Balaban J connectivity index is 1.82. The van der Waals surface area contributed by atoms with Crippen LogP contribution in [0.1, 0.15) is 25.5 Å². The Bertz CT molecular complexity index is 910. The predicted octanol–water partition coefficient (Wildman–Crippen LogP) is 1.88. The van der Waals surface area contributed by atoms with E-state index in [1.807, 2.05) is 19.9 Å². The molecule has 23 heavy (non-hydrogen) atoms. The van der Waals surface area contributed by atoms with Gasteiger partial charge in [-0.15, -0.1) is 0 Å². The highest BCUT2D eigenvalue weighted by Crippen LogP contribution is 2.15. The van der Waals surface area contributed by atoms with Crippen molar-refractivity contribution >= 4 is 22.8 Å². The maximum Gasteiger partial charge on any atom is 0.269 e. The molecule has 0 bridgehead atoms. The molecule has 0 aliphatic heterocycles. The van der Waals surface area contributed by atoms with E-state index >= 15 is 0 Å². The van der Waals surface area contributed by atoms with Crippen molar-refractivity contribution in [1.82, 2.24) is 19.7 Å². The third-order valence-corrected chi connectivity index (χ3v) is 3.54. The summed E-state index contributed by atoms with van der Waals surface area (Å²) < 4.78 is 1.40. The predicted molar refractivity (Wildman–Crippen MR) is 87.3 cm³/mol. The number of fused-ring (bicyclic) bond motifs is 1. The number of rotatable bonds is 4. The molecule has 0 aliphatic rings. The molecule has 0 radical (unpaired) electrons. The second-order valence-corrected chi connectivity index (χ2v) is 5.58. The number of nitrogens with one attached hydrogen (secondary N) is 2. The summed E-state index contributed by atoms with van der Waals surface area (Å²) in [5.74, 6) is 0.426. The molecule has 0 saturated carbocycles. The van der Waals surface area contributed by atoms with Gasteiger partial charge < -0.3 is 5.32 Å². The van der Waals surface area contributed by atoms with Gasteiger partial charge in [-0.25, -0.2) is 4.98 Å². The number of benzene rings is 1. The minimum absolute atomic E-state index is 0.0915. The highest BCUT2D eigenvalue weighted by molar-refractivity contribution is 5.90. The number of nitrogens with zero attached hydrogens (tertiary/aromatic N) is 3. The maximum atomic E-state index is 12.2. The summed E-state index contributed by atoms with van der Waals surface area (Å²) in [5.41, 5.74) is 1.91. The summed E-state index contributed by atoms with van der Waals surface area (Å²) in [5, 5.41) is 9.62. The second kappa shape index (κ2) is 6.04. The fourth-order valence-corrected chi connectivity index (χ4v) is 2.30. The lowest BCUT2D eigenvalue weighted by Crippen LogP contribution is -2.28. The molecular formula is C16H17N5O2. The number of hydrogen-bond donors (Lipinski definition) is 2. The summed E-state index contributed by atoms with van der Waals surface area (Å²) in [6.45, 7) is 3.97. The van der Waals surface area contributed by atoms with Crippen LogP contribution in [0.2, 0.25) is 0 Å². The molecule has 0 atom stereocenters. The third kappa shape index (κ3) is 3.13. The summed E-state index contributed by atoms with van der Waals surface area (Å²) in [6, 6.07) is 8.99. The molecule has 118 valence electrons. The fourth-order valence-electron chi connectivity index (χ4n) is 2.30. The van der Waals surface area contributed by atoms with Crippen molar-refractivity contribution < 1.29 is 4.79 Å². The Morgan fingerprint density at radius 3 is 2.87 bits per heavy atom. The molecule has 0 spiro atoms. The quantitative estimate of drug-likeness (QED) is 0.769. The first kappa shape index (κ1) is 15.0. The van der Waals surface area contributed by atoms with E-state index in [0.717, 1.165) is 5.69 Å². The molecule has 3 rings (SSSR count). The topological polar surface area (TPSA) is 92.7 Å². The molecule has 1 aromatic carbocycles. The summed E-state index contributed by atoms with van der Waals surface area (Å²) in [4.78, 5) is 28.3. The van der Waals surface area contributed by atoms with Crippen LogP contribution in [0.15, 0.2) is 41.3 Å². The zero-order valence-electron chi connectivity index (χ0n) is 12.9. The van der Waals surface area contributed by atoms with Gasteiger partial charge in [-0.2, -0.15) is 5.10 Å². The monoisotopic (exact) mass is 311 g/mol. The molecule has 2 aromatic heterocycles. The first-order chi connectivity index (χ1) is 11.0. The lowest BCUT2D eigenvalue weighted by Gasteiger charge is -2.08. The number of anilines is 1. The van der Waals surface area contributed by atoms with Crippen LogP contribution >= 0.6 is 0 Å². The van der Waals surface area contributed by atoms with Crippen LogP contribution in [-0.4, -0.2) is 25.7 Å². The van der Waals surface area contributed by atoms with E-state index in [1.165, 1.54) is 10.8 Å². The van der Waals surface area contributed by atoms with Crippen molar-refractivity contribution in [3.05, 3.63) is 52.6 Å². The molecule has 7 heteroatoms. The molecule has 0 fully saturated rings. The highest BCUT2D eigenvalue weighted by Gasteiger charge is 2.11. The molecule has 3 aromatic rings. The second-order valence-electron chi connectivity index (χ2n) is 5.58. The number of hydrogen-bond acceptors (Lipinski definition) is 4. The van der Waals surface area contributed by atoms with Crippen LogP contribution in [0.4, 0.5) is 5.82 Å². The van der Waals surface area contributed by atoms with Crippen LogP contribution in [0.3, 0.4) is 0 Å². The number of aromatic nitrogens is 4. The zero-order chi connectivity index (χ0) is 16.4. The Morgan fingerprint density at radius 1 is 1.35 bits per heavy atom. The van der Waals surface area contributed by atoms with Gasteiger partial charge in [0.1, 0.15) is 6.54 Å². The zero-order valence-corrected chi connectivity index (χ0v) is 12.9. The number of amides is 1. The van der Waals surface area contributed by atoms with E-state index in [1.54, 1.807) is 24.3 Å². The highest BCUT2D eigenvalue weighted by atomic mass is 16.2. The van der Waals surface area contributed by atoms with Gasteiger partial charge in [0.15, 0.2) is 5.82 Å². The van der Waals surface area contributed by atoms with Gasteiger partial charge in [-0.1, -0.05) is 26.0 Å². The minimum Gasteiger partial charge on any atom is -0.308 e. The number of carbonyl (C=O) groups is 1. The molecule has 7 nitrogen and oxygen atoms in total. The SMILES string of the molecule is CC(C)c1cc(NC(=O)Cn2c(=O)cnc3ccccc32)n[nH]1. The first-order valence-electron chi connectivity index (χ1n) is 7.34. The molecule has 2 heterocycles. The maximum absolute atomic E-state index is 12.2. The van der Waals surface area contributed by atoms with Crippen LogP contribution in [-0.2, 0) is 11.3 Å². The fraction of sp³-hybridized carbons (Fsp3) is 0.250. The van der Waals surface area contributed by atoms with Crippen LogP contribution in [0.25, 0.3) is 11.0 Å². The van der Waals surface area contributed by atoms with Crippen molar-refractivity contribution in [2.45, 2.75) is 26.3 Å². The van der Waals surface area contributed by atoms with Crippen molar-refractivity contribution in [3.8, 4) is 0 Å². The Morgan fingerprint density at radius 2 is 2.13 bits per heavy atom. The van der Waals surface area contributed by atoms with Crippen molar-refractivity contribution in [2.75, 3.05) is 5.32 Å². The van der Waals surface area contributed by atoms with Crippen molar-refractivity contribution in [2.24, 2.45) is 0 Å². The molecule has 0 saturated heterocycles. The van der Waals surface area contributed by atoms with Gasteiger partial charge in [0.2, 0.25) is 5.91 Å². The van der Waals surface area contributed by atoms with Crippen molar-refractivity contribution in [3.63, 3.8) is 0 Å². The van der Waals surface area contributed by atoms with Crippen molar-refractivity contribution in [1.29, 1.82) is 0 Å². The average molecular weight is 311 g/mol. The Kier molecular flexibility index (Phi) is 3.92. The standard InChI is InChI=1S/C16H17N5O2/c1-10(2)12-7-14(20-19-12)18-15(22)9-21-13-6-4-3-5-11(13)17-8-16(21)23/h3-8,10H,9H2,1-2H3,(H2,18,19,20,22). The summed E-state index contributed by atoms with van der Waals surface area (Å²) in [7, 11) is 0. The van der Waals surface area contributed by atoms with E-state index in [4.69, 9.17) is 0 Å². The molecule has 1 amide bonds. The van der Waals surface area contributed by atoms with Gasteiger partial charge in [0.05, 0.1) is 17.2 Å². The lowest BCUT2D eigenvalue weighted by molar-refractivity contribution is -0.116. The average Bonchev–Trinajstić information content (AvgIpc) is 2.99. The first-order valence-corrected chi connectivity index (χ1v) is 7.34. The van der Waals surface area contributed by atoms with E-state index in [-0.39, 0.29) is 18.0 Å². The van der Waals surface area contributed by atoms with E-state index < -0.39 is 0 Å². The van der Waals surface area contributed by atoms with Gasteiger partial charge in [0, 0.05) is 11.8 Å². The van der Waals surface area contributed by atoms with Crippen LogP contribution < -0.4 is 10.9 Å². The van der Waals surface area contributed by atoms with Crippen LogP contribution in [0, 0.1) is 0 Å². The van der Waals surface area contributed by atoms with Gasteiger partial charge in [0.25, 0.3) is 5.56 Å². The third-order valence-electron chi connectivity index (χ3n) is 3.54. The molecular weight excluding hydrogens is 294 g/mol.